The van der Waals surface area contributed by atoms with Crippen LogP contribution >= 0.6 is 0 Å². The second-order valence-electron chi connectivity index (χ2n) is 7.17. The van der Waals surface area contributed by atoms with Crippen LogP contribution in [0.15, 0.2) is 35.1 Å². The van der Waals surface area contributed by atoms with Gasteiger partial charge in [0.15, 0.2) is 12.4 Å². The lowest BCUT2D eigenvalue weighted by atomic mass is 9.91. The topological polar surface area (TPSA) is 78.3 Å². The first kappa shape index (κ1) is 21.3. The molecule has 0 spiro atoms. The first-order chi connectivity index (χ1) is 12.8. The fourth-order valence-corrected chi connectivity index (χ4v) is 2.25. The largest absolute Gasteiger partial charge is 0.453 e. The third-order valence-corrected chi connectivity index (χ3v) is 3.91. The van der Waals surface area contributed by atoms with Crippen molar-refractivity contribution in [2.24, 2.45) is 5.41 Å². The Morgan fingerprint density at radius 3 is 2.32 bits per heavy atom. The fourth-order valence-electron chi connectivity index (χ4n) is 2.25. The number of Topliss-reactive ketones (excluding diaryl/α,β-unsaturated/α-hetero) is 1. The Bertz CT molecular complexity index is 972. The number of nitrogens with zero attached hydrogens (tertiary/aromatic N) is 2. The molecule has 28 heavy (non-hydrogen) atoms. The molecule has 0 aliphatic heterocycles. The van der Waals surface area contributed by atoms with E-state index >= 15 is 0 Å². The van der Waals surface area contributed by atoms with Gasteiger partial charge in [-0.2, -0.15) is 18.3 Å². The van der Waals surface area contributed by atoms with Gasteiger partial charge in [0.25, 0.3) is 0 Å². The second kappa shape index (κ2) is 7.57. The lowest BCUT2D eigenvalue weighted by molar-refractivity contribution is -0.137. The van der Waals surface area contributed by atoms with Gasteiger partial charge in [0.05, 0.1) is 11.3 Å². The number of para-hydroxylation sites is 1. The highest BCUT2D eigenvalue weighted by Gasteiger charge is 2.34. The summed E-state index contributed by atoms with van der Waals surface area (Å²) in [5, 5.41) is 3.77. The molecule has 0 aliphatic carbocycles. The van der Waals surface area contributed by atoms with Crippen molar-refractivity contribution in [1.82, 2.24) is 9.78 Å². The minimum absolute atomic E-state index is 0.101. The lowest BCUT2D eigenvalue weighted by Gasteiger charge is -2.17. The van der Waals surface area contributed by atoms with Crippen LogP contribution in [-0.4, -0.2) is 28.1 Å². The fraction of sp³-hybridized carbons (Fsp3) is 0.368. The number of ether oxygens (including phenoxy) is 1. The van der Waals surface area contributed by atoms with Crippen molar-refractivity contribution in [2.75, 3.05) is 6.61 Å². The molecular weight excluding hydrogens is 377 g/mol. The number of hydrogen-bond donors (Lipinski definition) is 0. The van der Waals surface area contributed by atoms with Gasteiger partial charge in [-0.15, -0.1) is 0 Å². The number of carbonyl (C=O) groups is 2. The predicted molar refractivity (Wildman–Crippen MR) is 94.3 cm³/mol. The Morgan fingerprint density at radius 2 is 1.75 bits per heavy atom. The lowest BCUT2D eigenvalue weighted by Crippen LogP contribution is -2.29. The van der Waals surface area contributed by atoms with Crippen molar-refractivity contribution in [1.29, 1.82) is 0 Å². The summed E-state index contributed by atoms with van der Waals surface area (Å²) in [5.41, 5.74) is -3.49. The Morgan fingerprint density at radius 1 is 1.14 bits per heavy atom. The van der Waals surface area contributed by atoms with Crippen LogP contribution < -0.4 is 5.43 Å². The molecule has 0 bridgehead atoms. The maximum Gasteiger partial charge on any atom is 0.418 e. The standard InChI is InChI=1S/C19H19F3N2O4/c1-11-9-14(25)16(17(27)28-10-15(26)18(2,3)4)23-24(11)13-8-6-5-7-12(13)19(20,21)22/h5-9H,10H2,1-4H3. The molecule has 0 amide bonds. The normalized spacial score (nSPS) is 12.0. The van der Waals surface area contributed by atoms with E-state index in [1.54, 1.807) is 20.8 Å². The van der Waals surface area contributed by atoms with Gasteiger partial charge in [-0.25, -0.2) is 9.48 Å². The minimum Gasteiger partial charge on any atom is -0.453 e. The number of rotatable bonds is 4. The highest BCUT2D eigenvalue weighted by molar-refractivity contribution is 5.91. The zero-order valence-electron chi connectivity index (χ0n) is 15.8. The summed E-state index contributed by atoms with van der Waals surface area (Å²) in [5.74, 6) is -1.56. The quantitative estimate of drug-likeness (QED) is 0.741. The van der Waals surface area contributed by atoms with Crippen molar-refractivity contribution in [2.45, 2.75) is 33.9 Å². The summed E-state index contributed by atoms with van der Waals surface area (Å²) in [6.45, 7) is 5.72. The van der Waals surface area contributed by atoms with Crippen LogP contribution in [0, 0.1) is 12.3 Å². The van der Waals surface area contributed by atoms with Gasteiger partial charge in [0, 0.05) is 17.2 Å². The Hall–Kier alpha value is -2.97. The maximum atomic E-state index is 13.3. The molecule has 1 aromatic heterocycles. The van der Waals surface area contributed by atoms with E-state index < -0.39 is 40.9 Å². The van der Waals surface area contributed by atoms with Crippen molar-refractivity contribution < 1.29 is 27.5 Å². The number of aryl methyl sites for hydroxylation is 1. The Labute approximate surface area is 158 Å². The number of halogens is 3. The third-order valence-electron chi connectivity index (χ3n) is 3.91. The number of hydrogen-bond acceptors (Lipinski definition) is 5. The van der Waals surface area contributed by atoms with Gasteiger partial charge in [0.1, 0.15) is 0 Å². The van der Waals surface area contributed by atoms with Crippen LogP contribution in [0.4, 0.5) is 13.2 Å². The van der Waals surface area contributed by atoms with Crippen molar-refractivity contribution in [3.63, 3.8) is 0 Å². The molecule has 0 unspecified atom stereocenters. The molecule has 0 saturated carbocycles. The van der Waals surface area contributed by atoms with Crippen LogP contribution in [0.2, 0.25) is 0 Å². The van der Waals surface area contributed by atoms with E-state index in [9.17, 15) is 27.6 Å². The van der Waals surface area contributed by atoms with Crippen LogP contribution in [0.1, 0.15) is 42.5 Å². The average molecular weight is 396 g/mol. The number of benzene rings is 1. The van der Waals surface area contributed by atoms with E-state index in [2.05, 4.69) is 5.10 Å². The molecule has 0 atom stereocenters. The number of esters is 1. The second-order valence-corrected chi connectivity index (χ2v) is 7.17. The van der Waals surface area contributed by atoms with E-state index in [1.165, 1.54) is 25.1 Å². The number of carbonyl (C=O) groups excluding carboxylic acids is 2. The Kier molecular flexibility index (Phi) is 5.77. The van der Waals surface area contributed by atoms with Gasteiger partial charge in [0.2, 0.25) is 11.1 Å². The van der Waals surface area contributed by atoms with E-state index in [0.717, 1.165) is 16.8 Å². The molecule has 0 saturated heterocycles. The molecule has 9 heteroatoms. The molecule has 0 radical (unpaired) electrons. The number of ketones is 1. The molecule has 2 aromatic rings. The SMILES string of the molecule is Cc1cc(=O)c(C(=O)OCC(=O)C(C)(C)C)nn1-c1ccccc1C(F)(F)F. The van der Waals surface area contributed by atoms with E-state index in [-0.39, 0.29) is 17.2 Å². The van der Waals surface area contributed by atoms with Gasteiger partial charge in [-0.3, -0.25) is 9.59 Å². The Balaban J connectivity index is 2.46. The average Bonchev–Trinajstić information content (AvgIpc) is 2.58. The molecule has 6 nitrogen and oxygen atoms in total. The highest BCUT2D eigenvalue weighted by atomic mass is 19.4. The molecule has 0 fully saturated rings. The summed E-state index contributed by atoms with van der Waals surface area (Å²) in [7, 11) is 0. The molecule has 0 aliphatic rings. The predicted octanol–water partition coefficient (Wildman–Crippen LogP) is 3.33. The van der Waals surface area contributed by atoms with Gasteiger partial charge >= 0.3 is 12.1 Å². The third kappa shape index (κ3) is 4.65. The molecular formula is C19H19F3N2O4. The molecule has 1 aromatic carbocycles. The first-order valence-corrected chi connectivity index (χ1v) is 8.30. The van der Waals surface area contributed by atoms with Gasteiger partial charge < -0.3 is 4.74 Å². The smallest absolute Gasteiger partial charge is 0.418 e. The molecule has 1 heterocycles. The summed E-state index contributed by atoms with van der Waals surface area (Å²) >= 11 is 0. The van der Waals surface area contributed by atoms with Crippen molar-refractivity contribution >= 4 is 11.8 Å². The summed E-state index contributed by atoms with van der Waals surface area (Å²) in [4.78, 5) is 36.2. The van der Waals surface area contributed by atoms with E-state index in [4.69, 9.17) is 4.74 Å². The number of alkyl halides is 3. The zero-order valence-corrected chi connectivity index (χ0v) is 15.8. The maximum absolute atomic E-state index is 13.3. The first-order valence-electron chi connectivity index (χ1n) is 8.30. The number of aromatic nitrogens is 2. The van der Waals surface area contributed by atoms with Gasteiger partial charge in [-0.1, -0.05) is 32.9 Å². The van der Waals surface area contributed by atoms with Crippen LogP contribution in [0.5, 0.6) is 0 Å². The van der Waals surface area contributed by atoms with Crippen LogP contribution in [0.3, 0.4) is 0 Å². The van der Waals surface area contributed by atoms with Crippen LogP contribution in [0.25, 0.3) is 5.69 Å². The summed E-state index contributed by atoms with van der Waals surface area (Å²) in [6.07, 6.45) is -4.66. The zero-order chi connectivity index (χ0) is 21.3. The molecule has 0 N–H and O–H groups in total. The van der Waals surface area contributed by atoms with E-state index in [0.29, 0.717) is 0 Å². The van der Waals surface area contributed by atoms with Gasteiger partial charge in [-0.05, 0) is 19.1 Å². The molecule has 150 valence electrons. The molecule has 2 rings (SSSR count). The van der Waals surface area contributed by atoms with E-state index in [1.807, 2.05) is 0 Å². The summed E-state index contributed by atoms with van der Waals surface area (Å²) < 4.78 is 45.6. The van der Waals surface area contributed by atoms with Crippen LogP contribution in [-0.2, 0) is 15.7 Å². The highest BCUT2D eigenvalue weighted by Crippen LogP contribution is 2.33. The minimum atomic E-state index is -4.66. The van der Waals surface area contributed by atoms with Crippen molar-refractivity contribution in [3.8, 4) is 5.69 Å². The van der Waals surface area contributed by atoms with Crippen molar-refractivity contribution in [3.05, 3.63) is 57.5 Å². The summed E-state index contributed by atoms with van der Waals surface area (Å²) in [6, 6.07) is 5.63. The monoisotopic (exact) mass is 396 g/mol.